The molecule has 6 nitrogen and oxygen atoms in total. The van der Waals surface area contributed by atoms with Crippen LogP contribution in [0.2, 0.25) is 0 Å². The number of rotatable bonds is 7. The molecule has 0 fully saturated rings. The van der Waals surface area contributed by atoms with Crippen molar-refractivity contribution in [3.05, 3.63) is 45.8 Å². The molecule has 3 aromatic rings. The maximum Gasteiger partial charge on any atom is 0.235 e. The van der Waals surface area contributed by atoms with Crippen LogP contribution in [0.5, 0.6) is 0 Å². The van der Waals surface area contributed by atoms with Gasteiger partial charge in [-0.3, -0.25) is 4.79 Å². The smallest absolute Gasteiger partial charge is 0.235 e. The monoisotopic (exact) mass is 465 g/mol. The van der Waals surface area contributed by atoms with Crippen LogP contribution in [0, 0.1) is 24.2 Å². The Hall–Kier alpha value is -2.63. The second-order valence-electron chi connectivity index (χ2n) is 8.09. The number of nitriles is 1. The molecule has 0 spiro atoms. The molecule has 1 aromatic carbocycles. The molecule has 1 aliphatic rings. The molecule has 0 bridgehead atoms. The van der Waals surface area contributed by atoms with Crippen molar-refractivity contribution in [1.82, 2.24) is 14.8 Å². The van der Waals surface area contributed by atoms with E-state index in [9.17, 15) is 10.1 Å². The average Bonchev–Trinajstić information content (AvgIpc) is 3.37. The molecular formula is C24H27N5OS2. The summed E-state index contributed by atoms with van der Waals surface area (Å²) in [6.45, 7) is 7.03. The Balaban J connectivity index is 1.45. The number of aryl methyl sites for hydroxylation is 1. The van der Waals surface area contributed by atoms with Crippen LogP contribution >= 0.6 is 23.1 Å². The molecule has 1 amide bonds. The number of anilines is 1. The molecule has 1 atom stereocenters. The van der Waals surface area contributed by atoms with E-state index in [1.54, 1.807) is 11.3 Å². The SMILES string of the molecule is CCC1CCc2c(sc(NC(=O)CSc3nnc(-c4ccc(C)cc4)n3CC)c2C#N)C1. The molecule has 4 rings (SSSR count). The number of hydrogen-bond acceptors (Lipinski definition) is 6. The van der Waals surface area contributed by atoms with E-state index in [-0.39, 0.29) is 11.7 Å². The highest BCUT2D eigenvalue weighted by Crippen LogP contribution is 2.40. The van der Waals surface area contributed by atoms with Crippen LogP contribution in [0.25, 0.3) is 11.4 Å². The summed E-state index contributed by atoms with van der Waals surface area (Å²) in [4.78, 5) is 14.0. The van der Waals surface area contributed by atoms with Crippen molar-refractivity contribution in [3.8, 4) is 17.5 Å². The van der Waals surface area contributed by atoms with Gasteiger partial charge >= 0.3 is 0 Å². The van der Waals surface area contributed by atoms with Gasteiger partial charge in [0.1, 0.15) is 11.1 Å². The molecule has 0 radical (unpaired) electrons. The highest BCUT2D eigenvalue weighted by Gasteiger charge is 2.26. The number of amides is 1. The molecular weight excluding hydrogens is 438 g/mol. The van der Waals surface area contributed by atoms with Gasteiger partial charge in [0.25, 0.3) is 0 Å². The van der Waals surface area contributed by atoms with Gasteiger partial charge in [0.15, 0.2) is 11.0 Å². The lowest BCUT2D eigenvalue weighted by atomic mass is 9.86. The van der Waals surface area contributed by atoms with E-state index in [2.05, 4.69) is 47.6 Å². The van der Waals surface area contributed by atoms with E-state index in [0.29, 0.717) is 16.5 Å². The van der Waals surface area contributed by atoms with E-state index in [1.165, 1.54) is 22.2 Å². The maximum absolute atomic E-state index is 12.7. The minimum Gasteiger partial charge on any atom is -0.316 e. The van der Waals surface area contributed by atoms with E-state index in [4.69, 9.17) is 0 Å². The minimum atomic E-state index is -0.125. The number of carbonyl (C=O) groups is 1. The Morgan fingerprint density at radius 2 is 2.09 bits per heavy atom. The molecule has 2 aromatic heterocycles. The molecule has 2 heterocycles. The Kier molecular flexibility index (Phi) is 6.97. The van der Waals surface area contributed by atoms with Gasteiger partial charge in [-0.25, -0.2) is 0 Å². The van der Waals surface area contributed by atoms with Crippen LogP contribution in [0.1, 0.15) is 48.3 Å². The van der Waals surface area contributed by atoms with Crippen LogP contribution in [0.4, 0.5) is 5.00 Å². The predicted molar refractivity (Wildman–Crippen MR) is 130 cm³/mol. The number of nitrogens with zero attached hydrogens (tertiary/aromatic N) is 4. The van der Waals surface area contributed by atoms with Crippen LogP contribution in [0.15, 0.2) is 29.4 Å². The average molecular weight is 466 g/mol. The van der Waals surface area contributed by atoms with Crippen molar-refractivity contribution in [2.75, 3.05) is 11.1 Å². The first-order valence-corrected chi connectivity index (χ1v) is 12.8. The number of thioether (sulfide) groups is 1. The van der Waals surface area contributed by atoms with Crippen LogP contribution in [-0.4, -0.2) is 26.4 Å². The first-order chi connectivity index (χ1) is 15.5. The van der Waals surface area contributed by atoms with Crippen LogP contribution < -0.4 is 5.32 Å². The number of fused-ring (bicyclic) bond motifs is 1. The molecule has 0 saturated carbocycles. The molecule has 0 saturated heterocycles. The topological polar surface area (TPSA) is 83.6 Å². The first-order valence-electron chi connectivity index (χ1n) is 11.0. The standard InChI is InChI=1S/C24H27N5OS2/c1-4-16-8-11-18-19(13-25)23(32-20(18)12-16)26-21(30)14-31-24-28-27-22(29(24)5-2)17-9-6-15(3)7-10-17/h6-7,9-10,16H,4-5,8,11-12,14H2,1-3H3,(H,26,30). The largest absolute Gasteiger partial charge is 0.316 e. The maximum atomic E-state index is 12.7. The van der Waals surface area contributed by atoms with Crippen molar-refractivity contribution in [1.29, 1.82) is 5.26 Å². The van der Waals surface area contributed by atoms with Crippen molar-refractivity contribution in [2.24, 2.45) is 5.92 Å². The Labute approximate surface area is 197 Å². The Bertz CT molecular complexity index is 1160. The second kappa shape index (κ2) is 9.88. The zero-order chi connectivity index (χ0) is 22.7. The van der Waals surface area contributed by atoms with Gasteiger partial charge in [0.2, 0.25) is 5.91 Å². The summed E-state index contributed by atoms with van der Waals surface area (Å²) in [5, 5.41) is 22.7. The van der Waals surface area contributed by atoms with Crippen LogP contribution in [0.3, 0.4) is 0 Å². The molecule has 32 heavy (non-hydrogen) atoms. The molecule has 1 aliphatic carbocycles. The number of nitrogens with one attached hydrogen (secondary N) is 1. The van der Waals surface area contributed by atoms with Crippen molar-refractivity contribution >= 4 is 34.0 Å². The molecule has 1 unspecified atom stereocenters. The van der Waals surface area contributed by atoms with E-state index >= 15 is 0 Å². The molecule has 8 heteroatoms. The first kappa shape index (κ1) is 22.6. The number of benzene rings is 1. The Morgan fingerprint density at radius 1 is 1.31 bits per heavy atom. The lowest BCUT2D eigenvalue weighted by Gasteiger charge is -2.20. The highest BCUT2D eigenvalue weighted by atomic mass is 32.2. The van der Waals surface area contributed by atoms with Crippen LogP contribution in [-0.2, 0) is 24.2 Å². The third kappa shape index (κ3) is 4.59. The minimum absolute atomic E-state index is 0.125. The Morgan fingerprint density at radius 3 is 2.78 bits per heavy atom. The molecule has 1 N–H and O–H groups in total. The van der Waals surface area contributed by atoms with Gasteiger partial charge in [0, 0.05) is 17.0 Å². The summed E-state index contributed by atoms with van der Waals surface area (Å²) in [5.74, 6) is 1.57. The fourth-order valence-electron chi connectivity index (χ4n) is 4.10. The fraction of sp³-hybridized carbons (Fsp3) is 0.417. The summed E-state index contributed by atoms with van der Waals surface area (Å²) in [5.41, 5.74) is 3.99. The van der Waals surface area contributed by atoms with Crippen molar-refractivity contribution in [3.63, 3.8) is 0 Å². The summed E-state index contributed by atoms with van der Waals surface area (Å²) >= 11 is 2.94. The summed E-state index contributed by atoms with van der Waals surface area (Å²) in [6.07, 6.45) is 4.21. The van der Waals surface area contributed by atoms with Crippen molar-refractivity contribution in [2.45, 2.75) is 58.2 Å². The van der Waals surface area contributed by atoms with Gasteiger partial charge in [-0.2, -0.15) is 5.26 Å². The third-order valence-electron chi connectivity index (χ3n) is 5.98. The van der Waals surface area contributed by atoms with Gasteiger partial charge < -0.3 is 9.88 Å². The lowest BCUT2D eigenvalue weighted by Crippen LogP contribution is -2.15. The number of hydrogen-bond donors (Lipinski definition) is 1. The molecule has 0 aliphatic heterocycles. The van der Waals surface area contributed by atoms with Gasteiger partial charge in [-0.15, -0.1) is 21.5 Å². The van der Waals surface area contributed by atoms with E-state index < -0.39 is 0 Å². The normalized spacial score (nSPS) is 15.2. The van der Waals surface area contributed by atoms with Gasteiger partial charge in [0.05, 0.1) is 11.3 Å². The summed E-state index contributed by atoms with van der Waals surface area (Å²) in [6, 6.07) is 10.5. The predicted octanol–water partition coefficient (Wildman–Crippen LogP) is 5.45. The number of thiophene rings is 1. The van der Waals surface area contributed by atoms with E-state index in [0.717, 1.165) is 54.3 Å². The number of carbonyl (C=O) groups excluding carboxylic acids is 1. The van der Waals surface area contributed by atoms with Crippen molar-refractivity contribution < 1.29 is 4.79 Å². The highest BCUT2D eigenvalue weighted by molar-refractivity contribution is 7.99. The summed E-state index contributed by atoms with van der Waals surface area (Å²) in [7, 11) is 0. The third-order valence-corrected chi connectivity index (χ3v) is 8.12. The zero-order valence-corrected chi connectivity index (χ0v) is 20.3. The number of aromatic nitrogens is 3. The quantitative estimate of drug-likeness (QED) is 0.469. The molecule has 166 valence electrons. The summed E-state index contributed by atoms with van der Waals surface area (Å²) < 4.78 is 2.03. The second-order valence-corrected chi connectivity index (χ2v) is 10.1. The van der Waals surface area contributed by atoms with Gasteiger partial charge in [-0.05, 0) is 44.6 Å². The lowest BCUT2D eigenvalue weighted by molar-refractivity contribution is -0.113. The zero-order valence-electron chi connectivity index (χ0n) is 18.6. The fourth-order valence-corrected chi connectivity index (χ4v) is 6.23. The van der Waals surface area contributed by atoms with Gasteiger partial charge in [-0.1, -0.05) is 54.9 Å². The van der Waals surface area contributed by atoms with E-state index in [1.807, 2.05) is 23.6 Å².